The van der Waals surface area contributed by atoms with Crippen molar-refractivity contribution in [1.82, 2.24) is 37.2 Å². The molecule has 1 aliphatic heterocycles. The fourth-order valence-corrected chi connectivity index (χ4v) is 8.67. The number of rotatable bonds is 20. The molecule has 0 aliphatic carbocycles. The molecule has 24 heteroatoms. The van der Waals surface area contributed by atoms with E-state index in [9.17, 15) is 58.5 Å². The lowest BCUT2D eigenvalue weighted by molar-refractivity contribution is -0.137. The summed E-state index contributed by atoms with van der Waals surface area (Å²) in [5.41, 5.74) is 25.5. The number of benzene rings is 4. The van der Waals surface area contributed by atoms with Crippen LogP contribution in [-0.2, 0) is 64.0 Å². The Balaban J connectivity index is 1.60. The summed E-state index contributed by atoms with van der Waals surface area (Å²) >= 11 is 6.07. The fraction of sp³-hybridized carbons (Fsp3) is 0.375. The largest absolute Gasteiger partial charge is 0.508 e. The zero-order valence-electron chi connectivity index (χ0n) is 44.1. The van der Waals surface area contributed by atoms with Gasteiger partial charge in [0, 0.05) is 29.8 Å². The number of amides is 9. The van der Waals surface area contributed by atoms with Gasteiger partial charge in [-0.1, -0.05) is 85.1 Å². The number of aliphatic hydroxyl groups is 1. The number of phenols is 2. The summed E-state index contributed by atoms with van der Waals surface area (Å²) in [4.78, 5) is 125. The van der Waals surface area contributed by atoms with E-state index in [1.54, 1.807) is 24.3 Å². The van der Waals surface area contributed by atoms with Crippen LogP contribution in [0.15, 0.2) is 109 Å². The third-order valence-electron chi connectivity index (χ3n) is 13.1. The van der Waals surface area contributed by atoms with Gasteiger partial charge in [-0.15, -0.1) is 0 Å². The summed E-state index contributed by atoms with van der Waals surface area (Å²) in [7, 11) is 0. The van der Waals surface area contributed by atoms with E-state index in [1.807, 2.05) is 0 Å². The Morgan fingerprint density at radius 3 is 1.68 bits per heavy atom. The highest BCUT2D eigenvalue weighted by atomic mass is 35.5. The summed E-state index contributed by atoms with van der Waals surface area (Å²) in [6.07, 6.45) is 1.28. The predicted molar refractivity (Wildman–Crippen MR) is 296 cm³/mol. The minimum atomic E-state index is -1.76. The SMILES string of the molecule is C[C@@H](O)[C@@H]1NC(=O)[C@H](CCCCCN)NC(=O)[C@@H](Cc2ccc(C(N)=O)cc2)NC(=O)[C@H](Cc2ccc(O)cc2)NC(=O)[C@@H](NC(=O)[C@@H](N)Cc2ccc(Cl)cc2)C/C=C/C[C@@H](C(=O)N[C@H](Cc2ccc(O)cc2)C(N)=O)NC1=O. The number of nitrogens with two attached hydrogens (primary N) is 4. The van der Waals surface area contributed by atoms with E-state index in [2.05, 4.69) is 37.2 Å². The number of aliphatic hydroxyl groups excluding tert-OH is 1. The minimum absolute atomic E-state index is 0.0196. The Labute approximate surface area is 467 Å². The number of unbranched alkanes of at least 4 members (excludes halogenated alkanes) is 2. The molecule has 0 bridgehead atoms. The highest BCUT2D eigenvalue weighted by molar-refractivity contribution is 6.30. The molecule has 1 aliphatic rings. The van der Waals surface area contributed by atoms with Gasteiger partial charge >= 0.3 is 0 Å². The summed E-state index contributed by atoms with van der Waals surface area (Å²) in [5.74, 6) is -8.26. The number of hydrogen-bond donors (Lipinski definition) is 14. The highest BCUT2D eigenvalue weighted by Gasteiger charge is 2.36. The summed E-state index contributed by atoms with van der Waals surface area (Å²) in [6, 6.07) is 12.1. The third-order valence-corrected chi connectivity index (χ3v) is 13.4. The van der Waals surface area contributed by atoms with Crippen LogP contribution in [0.25, 0.3) is 0 Å². The molecule has 1 heterocycles. The average Bonchev–Trinajstić information content (AvgIpc) is 3.42. The van der Waals surface area contributed by atoms with Gasteiger partial charge in [-0.25, -0.2) is 0 Å². The molecule has 0 spiro atoms. The summed E-state index contributed by atoms with van der Waals surface area (Å²) in [5, 5.41) is 49.7. The van der Waals surface area contributed by atoms with Crippen LogP contribution in [-0.4, -0.2) is 129 Å². The predicted octanol–water partition coefficient (Wildman–Crippen LogP) is -0.423. The van der Waals surface area contributed by atoms with Crippen molar-refractivity contribution < 1.29 is 58.5 Å². The zero-order valence-corrected chi connectivity index (χ0v) is 44.8. The monoisotopic (exact) mass is 1120 g/mol. The highest BCUT2D eigenvalue weighted by Crippen LogP contribution is 2.17. The second-order valence-corrected chi connectivity index (χ2v) is 20.0. The van der Waals surface area contributed by atoms with Crippen molar-refractivity contribution >= 4 is 64.8 Å². The normalized spacial score (nSPS) is 21.1. The van der Waals surface area contributed by atoms with Crippen LogP contribution in [0.3, 0.4) is 0 Å². The second kappa shape index (κ2) is 30.7. The van der Waals surface area contributed by atoms with E-state index in [4.69, 9.17) is 34.5 Å². The van der Waals surface area contributed by atoms with Crippen LogP contribution in [0.5, 0.6) is 11.5 Å². The molecule has 23 nitrogen and oxygen atoms in total. The standard InChI is InChI=1S/C56H70ClN11O12/c1-31(69)47-56(80)64-42(51(75)65-44(49(61)73)28-34-14-22-38(70)23-15-34)9-5-4-8-41(62-50(74)40(59)27-32-12-20-37(57)21-13-32)52(76)66-46(30-35-16-24-39(71)25-17-35)55(79)67-45(29-33-10-18-36(19-11-33)48(60)72)54(78)63-43(53(77)68-47)7-3-2-6-26-58/h4-5,10-25,31,40-47,69-71H,2-3,6-9,26-30,58-59H2,1H3,(H2,60,72)(H2,61,73)(H,62,74)(H,63,78)(H,64,80)(H,65,75)(H,66,76)(H,67,79)(H,68,77)/b5-4+/t31-,40+,41+,42+,43+,44-,45-,46+,47+/m1/s1. The lowest BCUT2D eigenvalue weighted by Crippen LogP contribution is -2.62. The topological polar surface area (TPSA) is 403 Å². The van der Waals surface area contributed by atoms with Crippen LogP contribution in [0, 0.1) is 0 Å². The van der Waals surface area contributed by atoms with Crippen molar-refractivity contribution in [1.29, 1.82) is 0 Å². The molecule has 80 heavy (non-hydrogen) atoms. The Hall–Kier alpha value is -8.38. The van der Waals surface area contributed by atoms with Crippen LogP contribution >= 0.6 is 11.6 Å². The first-order valence-electron chi connectivity index (χ1n) is 26.0. The van der Waals surface area contributed by atoms with Crippen LogP contribution in [0.4, 0.5) is 0 Å². The van der Waals surface area contributed by atoms with Crippen LogP contribution < -0.4 is 60.2 Å². The van der Waals surface area contributed by atoms with E-state index in [0.29, 0.717) is 53.1 Å². The van der Waals surface area contributed by atoms with Gasteiger partial charge in [0.1, 0.15) is 53.8 Å². The zero-order chi connectivity index (χ0) is 58.5. The van der Waals surface area contributed by atoms with Crippen molar-refractivity contribution in [2.24, 2.45) is 22.9 Å². The molecule has 5 rings (SSSR count). The molecule has 18 N–H and O–H groups in total. The maximum absolute atomic E-state index is 14.8. The number of aromatic hydroxyl groups is 2. The Kier molecular flexibility index (Phi) is 24.0. The summed E-state index contributed by atoms with van der Waals surface area (Å²) in [6.45, 7) is 1.53. The van der Waals surface area contributed by atoms with Gasteiger partial charge in [-0.2, -0.15) is 0 Å². The molecule has 428 valence electrons. The maximum atomic E-state index is 14.8. The quantitative estimate of drug-likeness (QED) is 0.0395. The van der Waals surface area contributed by atoms with Gasteiger partial charge in [0.25, 0.3) is 0 Å². The second-order valence-electron chi connectivity index (χ2n) is 19.5. The minimum Gasteiger partial charge on any atom is -0.508 e. The molecular weight excluding hydrogens is 1050 g/mol. The number of halogens is 1. The van der Waals surface area contributed by atoms with Crippen molar-refractivity contribution in [2.75, 3.05) is 6.54 Å². The van der Waals surface area contributed by atoms with E-state index in [-0.39, 0.29) is 62.0 Å². The van der Waals surface area contributed by atoms with Crippen molar-refractivity contribution in [3.8, 4) is 11.5 Å². The van der Waals surface area contributed by atoms with Gasteiger partial charge in [-0.3, -0.25) is 43.2 Å². The van der Waals surface area contributed by atoms with E-state index in [0.717, 1.165) is 0 Å². The Morgan fingerprint density at radius 1 is 0.625 bits per heavy atom. The number of primary amides is 2. The average molecular weight is 1120 g/mol. The van der Waals surface area contributed by atoms with Gasteiger partial charge < -0.3 is 75.5 Å². The molecule has 9 amide bonds. The number of nitrogens with one attached hydrogen (secondary N) is 7. The molecule has 9 atom stereocenters. The van der Waals surface area contributed by atoms with Crippen molar-refractivity contribution in [3.05, 3.63) is 142 Å². The smallest absolute Gasteiger partial charge is 0.248 e. The number of carbonyl (C=O) groups is 9. The van der Waals surface area contributed by atoms with Crippen LogP contribution in [0.2, 0.25) is 5.02 Å². The molecule has 0 saturated carbocycles. The maximum Gasteiger partial charge on any atom is 0.248 e. The van der Waals surface area contributed by atoms with E-state index in [1.165, 1.54) is 91.9 Å². The van der Waals surface area contributed by atoms with Gasteiger partial charge in [0.05, 0.1) is 12.1 Å². The number of carbonyl (C=O) groups excluding carboxylic acids is 9. The Morgan fingerprint density at radius 2 is 1.12 bits per heavy atom. The van der Waals surface area contributed by atoms with Crippen molar-refractivity contribution in [3.63, 3.8) is 0 Å². The van der Waals surface area contributed by atoms with Crippen LogP contribution in [0.1, 0.15) is 78.1 Å². The van der Waals surface area contributed by atoms with Gasteiger partial charge in [0.2, 0.25) is 53.2 Å². The van der Waals surface area contributed by atoms with Crippen molar-refractivity contribution in [2.45, 2.75) is 126 Å². The number of hydrogen-bond acceptors (Lipinski definition) is 14. The molecule has 0 unspecified atom stereocenters. The first-order chi connectivity index (χ1) is 38.1. The van der Waals surface area contributed by atoms with E-state index >= 15 is 0 Å². The molecule has 4 aromatic rings. The van der Waals surface area contributed by atoms with E-state index < -0.39 is 108 Å². The third kappa shape index (κ3) is 19.8. The number of phenolic OH excluding ortho intramolecular Hbond substituents is 2. The Bertz CT molecular complexity index is 2820. The fourth-order valence-electron chi connectivity index (χ4n) is 8.54. The summed E-state index contributed by atoms with van der Waals surface area (Å²) < 4.78 is 0. The first-order valence-corrected chi connectivity index (χ1v) is 26.4. The van der Waals surface area contributed by atoms with Gasteiger partial charge in [0.15, 0.2) is 0 Å². The molecule has 0 saturated heterocycles. The molecule has 0 aromatic heterocycles. The first kappa shape index (κ1) is 62.5. The molecule has 0 fully saturated rings. The molecule has 0 radical (unpaired) electrons. The molecular formula is C56H70ClN11O12. The van der Waals surface area contributed by atoms with Gasteiger partial charge in [-0.05, 0) is 116 Å². The molecule has 4 aromatic carbocycles. The lowest BCUT2D eigenvalue weighted by Gasteiger charge is -2.29. The lowest BCUT2D eigenvalue weighted by atomic mass is 10.00.